The molecule has 1 heterocycles. The van der Waals surface area contributed by atoms with E-state index < -0.39 is 6.10 Å². The summed E-state index contributed by atoms with van der Waals surface area (Å²) in [6.45, 7) is 8.93. The molecule has 0 spiro atoms. The van der Waals surface area contributed by atoms with Gasteiger partial charge in [0, 0.05) is 13.1 Å². The van der Waals surface area contributed by atoms with Gasteiger partial charge in [0.25, 0.3) is 0 Å². The van der Waals surface area contributed by atoms with Gasteiger partial charge in [-0.15, -0.1) is 0 Å². The molecule has 1 atom stereocenters. The molecule has 0 radical (unpaired) electrons. The standard InChI is InChI=1S/C18H27N5O3/c1-5-19-18(21-11-17-22-13(4)23-26-17)20-10-16(24)14-7-6-8-15(9-14)25-12(2)3/h6-9,12,16,24H,5,10-11H2,1-4H3,(H2,19,20,21). The number of aliphatic hydroxyl groups excluding tert-OH is 1. The van der Waals surface area contributed by atoms with Gasteiger partial charge in [0.1, 0.15) is 12.3 Å². The first-order valence-corrected chi connectivity index (χ1v) is 8.74. The van der Waals surface area contributed by atoms with E-state index >= 15 is 0 Å². The molecule has 0 saturated carbocycles. The molecular formula is C18H27N5O3. The van der Waals surface area contributed by atoms with E-state index in [9.17, 15) is 5.11 Å². The molecule has 1 unspecified atom stereocenters. The molecule has 0 aliphatic heterocycles. The first-order chi connectivity index (χ1) is 12.5. The monoisotopic (exact) mass is 361 g/mol. The number of rotatable bonds is 8. The Morgan fingerprint density at radius 1 is 1.35 bits per heavy atom. The number of ether oxygens (including phenoxy) is 1. The molecule has 2 rings (SSSR count). The average Bonchev–Trinajstić information content (AvgIpc) is 3.02. The Morgan fingerprint density at radius 3 is 2.81 bits per heavy atom. The van der Waals surface area contributed by atoms with Crippen molar-refractivity contribution >= 4 is 5.96 Å². The Labute approximate surface area is 153 Å². The fourth-order valence-electron chi connectivity index (χ4n) is 2.27. The summed E-state index contributed by atoms with van der Waals surface area (Å²) in [5.74, 6) is 2.33. The van der Waals surface area contributed by atoms with Crippen molar-refractivity contribution in [2.24, 2.45) is 4.99 Å². The summed E-state index contributed by atoms with van der Waals surface area (Å²) < 4.78 is 10.7. The van der Waals surface area contributed by atoms with Crippen LogP contribution in [0.25, 0.3) is 0 Å². The molecule has 0 aliphatic rings. The summed E-state index contributed by atoms with van der Waals surface area (Å²) in [6, 6.07) is 7.46. The number of benzene rings is 1. The summed E-state index contributed by atoms with van der Waals surface area (Å²) in [5.41, 5.74) is 0.777. The highest BCUT2D eigenvalue weighted by atomic mass is 16.5. The van der Waals surface area contributed by atoms with Crippen molar-refractivity contribution in [1.82, 2.24) is 20.8 Å². The van der Waals surface area contributed by atoms with E-state index in [4.69, 9.17) is 9.26 Å². The van der Waals surface area contributed by atoms with Gasteiger partial charge in [-0.05, 0) is 45.4 Å². The molecule has 2 aromatic rings. The molecule has 26 heavy (non-hydrogen) atoms. The van der Waals surface area contributed by atoms with Crippen LogP contribution in [-0.4, -0.2) is 40.4 Å². The number of nitrogens with zero attached hydrogens (tertiary/aromatic N) is 3. The maximum absolute atomic E-state index is 10.4. The van der Waals surface area contributed by atoms with E-state index in [0.29, 0.717) is 30.8 Å². The minimum atomic E-state index is -0.694. The van der Waals surface area contributed by atoms with Gasteiger partial charge >= 0.3 is 0 Å². The number of hydrogen-bond donors (Lipinski definition) is 3. The van der Waals surface area contributed by atoms with Crippen LogP contribution in [0.5, 0.6) is 5.75 Å². The lowest BCUT2D eigenvalue weighted by molar-refractivity contribution is 0.179. The predicted molar refractivity (Wildman–Crippen MR) is 99.0 cm³/mol. The number of aromatic nitrogens is 2. The second-order valence-electron chi connectivity index (χ2n) is 6.07. The number of guanidine groups is 1. The smallest absolute Gasteiger partial charge is 0.248 e. The lowest BCUT2D eigenvalue weighted by Crippen LogP contribution is -2.39. The van der Waals surface area contributed by atoms with E-state index in [1.165, 1.54) is 0 Å². The van der Waals surface area contributed by atoms with Crippen LogP contribution in [-0.2, 0) is 6.54 Å². The van der Waals surface area contributed by atoms with E-state index in [0.717, 1.165) is 11.3 Å². The number of aliphatic imine (C=N–C) groups is 1. The van der Waals surface area contributed by atoms with Gasteiger partial charge < -0.3 is 25.0 Å². The zero-order valence-electron chi connectivity index (χ0n) is 15.7. The molecule has 8 nitrogen and oxygen atoms in total. The van der Waals surface area contributed by atoms with Crippen LogP contribution in [0.4, 0.5) is 0 Å². The fourth-order valence-corrected chi connectivity index (χ4v) is 2.27. The minimum absolute atomic E-state index is 0.0846. The number of aliphatic hydroxyl groups is 1. The molecule has 0 saturated heterocycles. The first kappa shape index (κ1) is 19.7. The van der Waals surface area contributed by atoms with Crippen molar-refractivity contribution in [2.75, 3.05) is 13.1 Å². The second kappa shape index (κ2) is 9.76. The Kier molecular flexibility index (Phi) is 7.40. The highest BCUT2D eigenvalue weighted by molar-refractivity contribution is 5.79. The molecule has 0 amide bonds. The van der Waals surface area contributed by atoms with Crippen molar-refractivity contribution in [2.45, 2.75) is 46.4 Å². The third-order valence-corrected chi connectivity index (χ3v) is 3.36. The van der Waals surface area contributed by atoms with Gasteiger partial charge in [-0.2, -0.15) is 4.98 Å². The first-order valence-electron chi connectivity index (χ1n) is 8.74. The van der Waals surface area contributed by atoms with Crippen molar-refractivity contribution < 1.29 is 14.4 Å². The molecule has 0 aliphatic carbocycles. The normalized spacial score (nSPS) is 12.9. The third kappa shape index (κ3) is 6.36. The summed E-state index contributed by atoms with van der Waals surface area (Å²) >= 11 is 0. The van der Waals surface area contributed by atoms with Crippen LogP contribution in [0.3, 0.4) is 0 Å². The minimum Gasteiger partial charge on any atom is -0.491 e. The maximum Gasteiger partial charge on any atom is 0.248 e. The van der Waals surface area contributed by atoms with Gasteiger partial charge in [0.2, 0.25) is 5.89 Å². The fraction of sp³-hybridized carbons (Fsp3) is 0.500. The summed E-state index contributed by atoms with van der Waals surface area (Å²) in [4.78, 5) is 8.50. The lowest BCUT2D eigenvalue weighted by atomic mass is 10.1. The van der Waals surface area contributed by atoms with Crippen molar-refractivity contribution in [3.63, 3.8) is 0 Å². The molecule has 142 valence electrons. The lowest BCUT2D eigenvalue weighted by Gasteiger charge is -2.17. The Bertz CT molecular complexity index is 714. The molecular weight excluding hydrogens is 334 g/mol. The second-order valence-corrected chi connectivity index (χ2v) is 6.07. The molecule has 0 fully saturated rings. The van der Waals surface area contributed by atoms with Gasteiger partial charge in [0.05, 0.1) is 12.2 Å². The largest absolute Gasteiger partial charge is 0.491 e. The predicted octanol–water partition coefficient (Wildman–Crippen LogP) is 1.95. The Hall–Kier alpha value is -2.61. The van der Waals surface area contributed by atoms with Gasteiger partial charge in [-0.3, -0.25) is 0 Å². The van der Waals surface area contributed by atoms with Crippen LogP contribution in [0.15, 0.2) is 33.8 Å². The molecule has 0 bridgehead atoms. The SMILES string of the molecule is CCNC(=NCc1nc(C)no1)NCC(O)c1cccc(OC(C)C)c1. The van der Waals surface area contributed by atoms with E-state index in [1.54, 1.807) is 6.92 Å². The maximum atomic E-state index is 10.4. The summed E-state index contributed by atoms with van der Waals surface area (Å²) in [6.07, 6.45) is -0.610. The zero-order chi connectivity index (χ0) is 18.9. The quantitative estimate of drug-likeness (QED) is 0.487. The summed E-state index contributed by atoms with van der Waals surface area (Å²) in [7, 11) is 0. The van der Waals surface area contributed by atoms with Gasteiger partial charge in [-0.1, -0.05) is 17.3 Å². The third-order valence-electron chi connectivity index (χ3n) is 3.36. The van der Waals surface area contributed by atoms with Crippen LogP contribution < -0.4 is 15.4 Å². The Balaban J connectivity index is 1.94. The Morgan fingerprint density at radius 2 is 2.15 bits per heavy atom. The molecule has 1 aromatic carbocycles. The van der Waals surface area contributed by atoms with Crippen molar-refractivity contribution in [3.05, 3.63) is 41.5 Å². The average molecular weight is 361 g/mol. The van der Waals surface area contributed by atoms with Crippen molar-refractivity contribution in [1.29, 1.82) is 0 Å². The van der Waals surface area contributed by atoms with E-state index in [-0.39, 0.29) is 12.6 Å². The van der Waals surface area contributed by atoms with E-state index in [1.807, 2.05) is 45.0 Å². The zero-order valence-corrected chi connectivity index (χ0v) is 15.7. The summed E-state index contributed by atoms with van der Waals surface area (Å²) in [5, 5.41) is 20.4. The van der Waals surface area contributed by atoms with E-state index in [2.05, 4.69) is 25.8 Å². The number of hydrogen-bond acceptors (Lipinski definition) is 6. The topological polar surface area (TPSA) is 105 Å². The van der Waals surface area contributed by atoms with Crippen molar-refractivity contribution in [3.8, 4) is 5.75 Å². The van der Waals surface area contributed by atoms with Crippen LogP contribution in [0.2, 0.25) is 0 Å². The molecule has 8 heteroatoms. The highest BCUT2D eigenvalue weighted by Gasteiger charge is 2.10. The molecule has 3 N–H and O–H groups in total. The van der Waals surface area contributed by atoms with Crippen LogP contribution >= 0.6 is 0 Å². The van der Waals surface area contributed by atoms with Crippen LogP contribution in [0, 0.1) is 6.92 Å². The van der Waals surface area contributed by atoms with Crippen LogP contribution in [0.1, 0.15) is 44.2 Å². The highest BCUT2D eigenvalue weighted by Crippen LogP contribution is 2.19. The van der Waals surface area contributed by atoms with Gasteiger partial charge in [-0.25, -0.2) is 4.99 Å². The number of nitrogens with one attached hydrogen (secondary N) is 2. The van der Waals surface area contributed by atoms with Gasteiger partial charge in [0.15, 0.2) is 11.8 Å². The molecule has 1 aromatic heterocycles. The number of aryl methyl sites for hydroxylation is 1.